The molecule has 1 fully saturated rings. The summed E-state index contributed by atoms with van der Waals surface area (Å²) < 4.78 is 13.7. The highest BCUT2D eigenvalue weighted by molar-refractivity contribution is 14.0. The van der Waals surface area contributed by atoms with Crippen LogP contribution in [0.5, 0.6) is 0 Å². The number of nitrogens with zero attached hydrogens (tertiary/aromatic N) is 2. The van der Waals surface area contributed by atoms with Gasteiger partial charge in [0.1, 0.15) is 5.82 Å². The van der Waals surface area contributed by atoms with E-state index in [0.29, 0.717) is 31.0 Å². The third kappa shape index (κ3) is 6.62. The van der Waals surface area contributed by atoms with Gasteiger partial charge in [-0.05, 0) is 37.8 Å². The third-order valence-corrected chi connectivity index (χ3v) is 4.95. The lowest BCUT2D eigenvalue weighted by Crippen LogP contribution is -2.43. The minimum absolute atomic E-state index is 0. The lowest BCUT2D eigenvalue weighted by Gasteiger charge is -2.29. The van der Waals surface area contributed by atoms with Gasteiger partial charge < -0.3 is 15.5 Å². The van der Waals surface area contributed by atoms with Crippen molar-refractivity contribution in [3.8, 4) is 0 Å². The van der Waals surface area contributed by atoms with Gasteiger partial charge in [-0.2, -0.15) is 0 Å². The smallest absolute Gasteiger partial charge is 0.230 e. The van der Waals surface area contributed by atoms with Crippen molar-refractivity contribution in [3.63, 3.8) is 0 Å². The number of benzene rings is 1. The maximum absolute atomic E-state index is 13.7. The Bertz CT molecular complexity index is 630. The molecule has 1 saturated carbocycles. The van der Waals surface area contributed by atoms with Crippen molar-refractivity contribution < 1.29 is 9.18 Å². The highest BCUT2D eigenvalue weighted by Crippen LogP contribution is 2.39. The zero-order chi connectivity index (χ0) is 19.0. The summed E-state index contributed by atoms with van der Waals surface area (Å²) in [6.07, 6.45) is 4.52. The van der Waals surface area contributed by atoms with Crippen molar-refractivity contribution in [1.29, 1.82) is 0 Å². The fourth-order valence-corrected chi connectivity index (χ4v) is 3.55. The predicted octanol–water partition coefficient (Wildman–Crippen LogP) is 3.19. The van der Waals surface area contributed by atoms with Crippen LogP contribution in [0.1, 0.15) is 38.2 Å². The predicted molar refractivity (Wildman–Crippen MR) is 119 cm³/mol. The summed E-state index contributed by atoms with van der Waals surface area (Å²) in [6, 6.07) is 6.81. The van der Waals surface area contributed by atoms with Gasteiger partial charge in [0.25, 0.3) is 0 Å². The van der Waals surface area contributed by atoms with Gasteiger partial charge in [0.2, 0.25) is 5.91 Å². The van der Waals surface area contributed by atoms with Gasteiger partial charge in [-0.15, -0.1) is 24.0 Å². The van der Waals surface area contributed by atoms with E-state index in [1.54, 1.807) is 17.0 Å². The second-order valence-electron chi connectivity index (χ2n) is 7.15. The number of hydrogen-bond acceptors (Lipinski definition) is 2. The SMILES string of the molecule is CCNC(=NCC1(C(=O)N(C)C)CCCC1)NCCc1ccccc1F.I. The Morgan fingerprint density at radius 3 is 2.48 bits per heavy atom. The molecule has 1 aliphatic rings. The van der Waals surface area contributed by atoms with E-state index in [0.717, 1.165) is 32.2 Å². The summed E-state index contributed by atoms with van der Waals surface area (Å²) in [5.74, 6) is 0.667. The Morgan fingerprint density at radius 2 is 1.89 bits per heavy atom. The van der Waals surface area contributed by atoms with Crippen LogP contribution in [-0.4, -0.2) is 50.5 Å². The van der Waals surface area contributed by atoms with Crippen molar-refractivity contribution in [2.24, 2.45) is 10.4 Å². The summed E-state index contributed by atoms with van der Waals surface area (Å²) >= 11 is 0. The minimum atomic E-state index is -0.378. The molecular weight excluding hydrogens is 458 g/mol. The van der Waals surface area contributed by atoms with Crippen molar-refractivity contribution >= 4 is 35.8 Å². The van der Waals surface area contributed by atoms with Crippen LogP contribution >= 0.6 is 24.0 Å². The summed E-state index contributed by atoms with van der Waals surface area (Å²) in [7, 11) is 3.62. The molecule has 1 aromatic carbocycles. The van der Waals surface area contributed by atoms with Crippen molar-refractivity contribution in [1.82, 2.24) is 15.5 Å². The number of amides is 1. The molecule has 0 bridgehead atoms. The van der Waals surface area contributed by atoms with E-state index >= 15 is 0 Å². The zero-order valence-corrected chi connectivity index (χ0v) is 18.9. The Morgan fingerprint density at radius 1 is 1.22 bits per heavy atom. The van der Waals surface area contributed by atoms with Crippen molar-refractivity contribution in [2.75, 3.05) is 33.7 Å². The molecule has 5 nitrogen and oxygen atoms in total. The molecule has 0 radical (unpaired) electrons. The maximum Gasteiger partial charge on any atom is 0.230 e. The maximum atomic E-state index is 13.7. The first-order valence-corrected chi connectivity index (χ1v) is 9.46. The first kappa shape index (κ1) is 23.7. The van der Waals surface area contributed by atoms with Gasteiger partial charge in [0, 0.05) is 27.2 Å². The van der Waals surface area contributed by atoms with Gasteiger partial charge in [-0.3, -0.25) is 9.79 Å². The number of rotatable bonds is 7. The normalized spacial score (nSPS) is 15.8. The zero-order valence-electron chi connectivity index (χ0n) is 16.6. The fraction of sp³-hybridized carbons (Fsp3) is 0.600. The lowest BCUT2D eigenvalue weighted by atomic mass is 9.85. The van der Waals surface area contributed by atoms with Crippen LogP contribution in [0.25, 0.3) is 0 Å². The highest BCUT2D eigenvalue weighted by Gasteiger charge is 2.42. The van der Waals surface area contributed by atoms with E-state index in [9.17, 15) is 9.18 Å². The summed E-state index contributed by atoms with van der Waals surface area (Å²) in [5.41, 5.74) is 0.308. The van der Waals surface area contributed by atoms with Crippen LogP contribution in [0.3, 0.4) is 0 Å². The van der Waals surface area contributed by atoms with Crippen LogP contribution in [0.4, 0.5) is 4.39 Å². The Labute approximate surface area is 179 Å². The minimum Gasteiger partial charge on any atom is -0.357 e. The van der Waals surface area contributed by atoms with Gasteiger partial charge in [-0.25, -0.2) is 4.39 Å². The molecule has 1 aliphatic carbocycles. The summed E-state index contributed by atoms with van der Waals surface area (Å²) in [4.78, 5) is 19.0. The van der Waals surface area contributed by atoms with Crippen LogP contribution in [0, 0.1) is 11.2 Å². The molecule has 0 heterocycles. The van der Waals surface area contributed by atoms with Gasteiger partial charge in [0.15, 0.2) is 5.96 Å². The van der Waals surface area contributed by atoms with E-state index in [2.05, 4.69) is 15.6 Å². The number of carbonyl (C=O) groups excluding carboxylic acids is 1. The number of halogens is 2. The van der Waals surface area contributed by atoms with Gasteiger partial charge in [-0.1, -0.05) is 31.0 Å². The van der Waals surface area contributed by atoms with E-state index < -0.39 is 0 Å². The van der Waals surface area contributed by atoms with Crippen LogP contribution < -0.4 is 10.6 Å². The van der Waals surface area contributed by atoms with Crippen molar-refractivity contribution in [3.05, 3.63) is 35.6 Å². The quantitative estimate of drug-likeness (QED) is 0.351. The Kier molecular flexibility index (Phi) is 10.0. The van der Waals surface area contributed by atoms with Crippen molar-refractivity contribution in [2.45, 2.75) is 39.0 Å². The number of carbonyl (C=O) groups is 1. The number of nitrogens with one attached hydrogen (secondary N) is 2. The average molecular weight is 490 g/mol. The number of guanidine groups is 1. The second-order valence-corrected chi connectivity index (χ2v) is 7.15. The lowest BCUT2D eigenvalue weighted by molar-refractivity contribution is -0.138. The first-order valence-electron chi connectivity index (χ1n) is 9.46. The summed E-state index contributed by atoms with van der Waals surface area (Å²) in [5, 5.41) is 6.47. The Hall–Kier alpha value is -1.38. The molecule has 0 spiro atoms. The standard InChI is InChI=1S/C20H31FN4O.HI/c1-4-22-19(23-14-11-16-9-5-6-10-17(16)21)24-15-20(12-7-8-13-20)18(26)25(2)3;/h5-6,9-10H,4,7-8,11-15H2,1-3H3,(H2,22,23,24);1H. The van der Waals surface area contributed by atoms with Crippen LogP contribution in [0.2, 0.25) is 0 Å². The van der Waals surface area contributed by atoms with E-state index in [4.69, 9.17) is 0 Å². The molecule has 7 heteroatoms. The average Bonchev–Trinajstić information content (AvgIpc) is 3.10. The molecule has 2 N–H and O–H groups in total. The van der Waals surface area contributed by atoms with Crippen LogP contribution in [0.15, 0.2) is 29.3 Å². The van der Waals surface area contributed by atoms with Gasteiger partial charge >= 0.3 is 0 Å². The number of hydrogen-bond donors (Lipinski definition) is 2. The molecule has 0 aromatic heterocycles. The molecule has 0 saturated heterocycles. The van der Waals surface area contributed by atoms with Crippen LogP contribution in [-0.2, 0) is 11.2 Å². The monoisotopic (exact) mass is 490 g/mol. The topological polar surface area (TPSA) is 56.7 Å². The second kappa shape index (κ2) is 11.5. The fourth-order valence-electron chi connectivity index (χ4n) is 3.55. The van der Waals surface area contributed by atoms with E-state index in [1.807, 2.05) is 27.1 Å². The molecule has 27 heavy (non-hydrogen) atoms. The molecule has 152 valence electrons. The van der Waals surface area contributed by atoms with E-state index in [1.165, 1.54) is 6.07 Å². The molecular formula is C20H32FIN4O. The molecule has 2 rings (SSSR count). The summed E-state index contributed by atoms with van der Waals surface area (Å²) in [6.45, 7) is 3.81. The van der Waals surface area contributed by atoms with Gasteiger partial charge in [0.05, 0.1) is 12.0 Å². The molecule has 0 atom stereocenters. The Balaban J connectivity index is 0.00000364. The molecule has 1 aromatic rings. The highest BCUT2D eigenvalue weighted by atomic mass is 127. The molecule has 1 amide bonds. The third-order valence-electron chi connectivity index (χ3n) is 4.95. The molecule has 0 aliphatic heterocycles. The number of aliphatic imine (C=N–C) groups is 1. The van der Waals surface area contributed by atoms with E-state index in [-0.39, 0.29) is 41.1 Å². The first-order chi connectivity index (χ1) is 12.5. The largest absolute Gasteiger partial charge is 0.357 e. The molecule has 0 unspecified atom stereocenters.